The molecule has 0 bridgehead atoms. The second-order valence-corrected chi connectivity index (χ2v) is 6.00. The van der Waals surface area contributed by atoms with E-state index in [0.29, 0.717) is 0 Å². The van der Waals surface area contributed by atoms with Gasteiger partial charge in [0.05, 0.1) is 11.9 Å². The Morgan fingerprint density at radius 2 is 1.83 bits per heavy atom. The highest BCUT2D eigenvalue weighted by atomic mass is 35.5. The van der Waals surface area contributed by atoms with Crippen molar-refractivity contribution in [2.75, 3.05) is 5.32 Å². The Hall–Kier alpha value is -2.26. The zero-order valence-electron chi connectivity index (χ0n) is 13.4. The summed E-state index contributed by atoms with van der Waals surface area (Å²) in [6.07, 6.45) is 2.93. The molecule has 0 aliphatic carbocycles. The Labute approximate surface area is 141 Å². The lowest BCUT2D eigenvalue weighted by molar-refractivity contribution is 0.906. The van der Waals surface area contributed by atoms with Crippen LogP contribution in [0.25, 0.3) is 11.3 Å². The van der Waals surface area contributed by atoms with Crippen LogP contribution < -0.4 is 5.32 Å². The molecule has 3 rings (SSSR count). The maximum absolute atomic E-state index is 6.07. The molecule has 0 amide bonds. The fraction of sp³-hybridized carbons (Fsp3) is 0.211. The quantitative estimate of drug-likeness (QED) is 0.722. The van der Waals surface area contributed by atoms with Gasteiger partial charge in [-0.05, 0) is 29.7 Å². The van der Waals surface area contributed by atoms with Crippen LogP contribution in [0.5, 0.6) is 0 Å². The molecule has 0 spiro atoms. The van der Waals surface area contributed by atoms with Gasteiger partial charge in [0, 0.05) is 24.2 Å². The Morgan fingerprint density at radius 1 is 1.09 bits per heavy atom. The van der Waals surface area contributed by atoms with Crippen LogP contribution in [-0.2, 0) is 20.0 Å². The second kappa shape index (κ2) is 6.88. The Balaban J connectivity index is 1.74. The van der Waals surface area contributed by atoms with E-state index in [1.807, 2.05) is 42.1 Å². The predicted molar refractivity (Wildman–Crippen MR) is 96.8 cm³/mol. The first-order valence-corrected chi connectivity index (χ1v) is 8.14. The van der Waals surface area contributed by atoms with Gasteiger partial charge >= 0.3 is 0 Å². The van der Waals surface area contributed by atoms with Crippen LogP contribution in [0.3, 0.4) is 0 Å². The zero-order chi connectivity index (χ0) is 16.2. The molecule has 3 nitrogen and oxygen atoms in total. The molecule has 1 aromatic heterocycles. The average molecular weight is 326 g/mol. The first-order valence-electron chi connectivity index (χ1n) is 7.76. The summed E-state index contributed by atoms with van der Waals surface area (Å²) in [7, 11) is 2.01. The first kappa shape index (κ1) is 15.6. The van der Waals surface area contributed by atoms with Crippen molar-refractivity contribution in [1.82, 2.24) is 9.55 Å². The molecule has 2 aromatic carbocycles. The molecule has 0 aliphatic heterocycles. The van der Waals surface area contributed by atoms with Gasteiger partial charge in [0.15, 0.2) is 0 Å². The highest BCUT2D eigenvalue weighted by molar-refractivity contribution is 6.30. The number of rotatable bonds is 5. The summed E-state index contributed by atoms with van der Waals surface area (Å²) in [5, 5.41) is 4.12. The number of aryl methyl sites for hydroxylation is 1. The summed E-state index contributed by atoms with van der Waals surface area (Å²) in [5.41, 5.74) is 4.70. The highest BCUT2D eigenvalue weighted by Gasteiger charge is 2.08. The molecule has 118 valence electrons. The number of hydrogen-bond donors (Lipinski definition) is 1. The molecular weight excluding hydrogens is 306 g/mol. The normalized spacial score (nSPS) is 10.7. The van der Waals surface area contributed by atoms with Crippen LogP contribution in [-0.4, -0.2) is 9.55 Å². The van der Waals surface area contributed by atoms with Crippen molar-refractivity contribution in [2.24, 2.45) is 7.05 Å². The number of anilines is 1. The fourth-order valence-corrected chi connectivity index (χ4v) is 2.75. The van der Waals surface area contributed by atoms with Crippen molar-refractivity contribution in [3.05, 3.63) is 70.9 Å². The molecule has 0 aliphatic rings. The topological polar surface area (TPSA) is 29.9 Å². The van der Waals surface area contributed by atoms with Crippen LogP contribution in [0.2, 0.25) is 5.02 Å². The average Bonchev–Trinajstić information content (AvgIpc) is 2.94. The van der Waals surface area contributed by atoms with Gasteiger partial charge in [-0.1, -0.05) is 54.9 Å². The highest BCUT2D eigenvalue weighted by Crippen LogP contribution is 2.24. The SMILES string of the molecule is CCc1ccc(CNc2ncc(-c3cccc(Cl)c3)n2C)cc1. The molecular formula is C19H20ClN3. The van der Waals surface area contributed by atoms with Crippen LogP contribution in [0.4, 0.5) is 5.95 Å². The molecule has 1 heterocycles. The Bertz CT molecular complexity index is 791. The van der Waals surface area contributed by atoms with E-state index < -0.39 is 0 Å². The zero-order valence-corrected chi connectivity index (χ0v) is 14.1. The van der Waals surface area contributed by atoms with Crippen molar-refractivity contribution in [3.63, 3.8) is 0 Å². The lowest BCUT2D eigenvalue weighted by atomic mass is 10.1. The van der Waals surface area contributed by atoms with Crippen LogP contribution in [0.15, 0.2) is 54.7 Å². The van der Waals surface area contributed by atoms with Crippen molar-refractivity contribution in [2.45, 2.75) is 19.9 Å². The third-order valence-electron chi connectivity index (χ3n) is 3.99. The number of halogens is 1. The predicted octanol–water partition coefficient (Wildman–Crippen LogP) is 4.92. The summed E-state index contributed by atoms with van der Waals surface area (Å²) in [6, 6.07) is 16.5. The molecule has 0 saturated carbocycles. The van der Waals surface area contributed by atoms with E-state index >= 15 is 0 Å². The van der Waals surface area contributed by atoms with Crippen molar-refractivity contribution in [1.29, 1.82) is 0 Å². The van der Waals surface area contributed by atoms with Gasteiger partial charge < -0.3 is 9.88 Å². The van der Waals surface area contributed by atoms with E-state index in [2.05, 4.69) is 41.5 Å². The van der Waals surface area contributed by atoms with Gasteiger partial charge in [-0.15, -0.1) is 0 Å². The molecule has 0 unspecified atom stereocenters. The van der Waals surface area contributed by atoms with Gasteiger partial charge in [-0.25, -0.2) is 4.98 Å². The maximum atomic E-state index is 6.07. The molecule has 23 heavy (non-hydrogen) atoms. The van der Waals surface area contributed by atoms with Gasteiger partial charge in [0.25, 0.3) is 0 Å². The third-order valence-corrected chi connectivity index (χ3v) is 4.23. The summed E-state index contributed by atoms with van der Waals surface area (Å²) in [5.74, 6) is 0.847. The van der Waals surface area contributed by atoms with Gasteiger partial charge in [0.1, 0.15) is 0 Å². The molecule has 1 N–H and O–H groups in total. The summed E-state index contributed by atoms with van der Waals surface area (Å²) >= 11 is 6.07. The van der Waals surface area contributed by atoms with E-state index in [1.165, 1.54) is 11.1 Å². The number of benzene rings is 2. The van der Waals surface area contributed by atoms with E-state index in [-0.39, 0.29) is 0 Å². The molecule has 0 saturated heterocycles. The van der Waals surface area contributed by atoms with Crippen molar-refractivity contribution >= 4 is 17.5 Å². The van der Waals surface area contributed by atoms with E-state index in [4.69, 9.17) is 11.6 Å². The van der Waals surface area contributed by atoms with Crippen molar-refractivity contribution in [3.8, 4) is 11.3 Å². The Morgan fingerprint density at radius 3 is 2.52 bits per heavy atom. The third kappa shape index (κ3) is 3.57. The van der Waals surface area contributed by atoms with Gasteiger partial charge in [0.2, 0.25) is 5.95 Å². The molecule has 0 fully saturated rings. The monoisotopic (exact) mass is 325 g/mol. The van der Waals surface area contributed by atoms with Crippen LogP contribution in [0, 0.1) is 0 Å². The maximum Gasteiger partial charge on any atom is 0.203 e. The molecule has 0 atom stereocenters. The molecule has 3 aromatic rings. The smallest absolute Gasteiger partial charge is 0.203 e. The minimum absolute atomic E-state index is 0.731. The van der Waals surface area contributed by atoms with E-state index in [1.54, 1.807) is 0 Å². The minimum Gasteiger partial charge on any atom is -0.352 e. The largest absolute Gasteiger partial charge is 0.352 e. The number of aromatic nitrogens is 2. The summed E-state index contributed by atoms with van der Waals surface area (Å²) in [4.78, 5) is 4.48. The summed E-state index contributed by atoms with van der Waals surface area (Å²) < 4.78 is 2.05. The molecule has 4 heteroatoms. The van der Waals surface area contributed by atoms with Crippen LogP contribution >= 0.6 is 11.6 Å². The lowest BCUT2D eigenvalue weighted by Crippen LogP contribution is -2.05. The first-order chi connectivity index (χ1) is 11.2. The number of hydrogen-bond acceptors (Lipinski definition) is 2. The minimum atomic E-state index is 0.731. The molecule has 0 radical (unpaired) electrons. The summed E-state index contributed by atoms with van der Waals surface area (Å²) in [6.45, 7) is 2.92. The number of imidazole rings is 1. The van der Waals surface area contributed by atoms with E-state index in [0.717, 1.165) is 35.2 Å². The Kier molecular flexibility index (Phi) is 4.68. The van der Waals surface area contributed by atoms with Crippen LogP contribution in [0.1, 0.15) is 18.1 Å². The van der Waals surface area contributed by atoms with Gasteiger partial charge in [-0.2, -0.15) is 0 Å². The second-order valence-electron chi connectivity index (χ2n) is 5.56. The van der Waals surface area contributed by atoms with Gasteiger partial charge in [-0.3, -0.25) is 0 Å². The van der Waals surface area contributed by atoms with Crippen molar-refractivity contribution < 1.29 is 0 Å². The van der Waals surface area contributed by atoms with E-state index in [9.17, 15) is 0 Å². The number of nitrogens with zero attached hydrogens (tertiary/aromatic N) is 2. The fourth-order valence-electron chi connectivity index (χ4n) is 2.56. The lowest BCUT2D eigenvalue weighted by Gasteiger charge is -2.09. The standard InChI is InChI=1S/C19H20ClN3/c1-3-14-7-9-15(10-8-14)12-21-19-22-13-18(23(19)2)16-5-4-6-17(20)11-16/h4-11,13H,3,12H2,1-2H3,(H,21,22). The number of nitrogens with one attached hydrogen (secondary N) is 1.